The predicted molar refractivity (Wildman–Crippen MR) is 58.9 cm³/mol. The van der Waals surface area contributed by atoms with Crippen molar-refractivity contribution < 1.29 is 0 Å². The zero-order valence-electron chi connectivity index (χ0n) is 9.47. The highest BCUT2D eigenvalue weighted by molar-refractivity contribution is 4.94. The van der Waals surface area contributed by atoms with Crippen molar-refractivity contribution in [1.82, 2.24) is 5.32 Å². The lowest BCUT2D eigenvalue weighted by molar-refractivity contribution is 0.444. The molecule has 0 amide bonds. The van der Waals surface area contributed by atoms with Gasteiger partial charge >= 0.3 is 0 Å². The molecule has 3 unspecified atom stereocenters. The van der Waals surface area contributed by atoms with Gasteiger partial charge in [-0.1, -0.05) is 33.6 Å². The van der Waals surface area contributed by atoms with Crippen molar-refractivity contribution in [3.63, 3.8) is 0 Å². The van der Waals surface area contributed by atoms with Crippen LogP contribution in [0.3, 0.4) is 0 Å². The van der Waals surface area contributed by atoms with Gasteiger partial charge in [0.05, 0.1) is 0 Å². The molecule has 1 nitrogen and oxygen atoms in total. The summed E-state index contributed by atoms with van der Waals surface area (Å²) in [6.07, 6.45) is 8.19. The first kappa shape index (κ1) is 11.0. The second-order valence-corrected chi connectivity index (χ2v) is 4.45. The van der Waals surface area contributed by atoms with E-state index in [4.69, 9.17) is 0 Å². The van der Waals surface area contributed by atoms with E-state index in [1.807, 2.05) is 0 Å². The molecular weight excluding hydrogens is 158 g/mol. The summed E-state index contributed by atoms with van der Waals surface area (Å²) in [7, 11) is 0. The van der Waals surface area contributed by atoms with E-state index < -0.39 is 0 Å². The van der Waals surface area contributed by atoms with Crippen LogP contribution >= 0.6 is 0 Å². The van der Waals surface area contributed by atoms with E-state index in [1.54, 1.807) is 0 Å². The summed E-state index contributed by atoms with van der Waals surface area (Å²) in [4.78, 5) is 0. The fourth-order valence-corrected chi connectivity index (χ4v) is 2.20. The Balaban J connectivity index is 2.10. The standard InChI is InChI=1S/C12H25N/c1-4-7-10-9-12(10)13-11(6-3)8-5-2/h10-13H,4-9H2,1-3H3. The SMILES string of the molecule is CCCC(CC)NC1CC1CCC. The van der Waals surface area contributed by atoms with Gasteiger partial charge in [0.25, 0.3) is 0 Å². The average molecular weight is 183 g/mol. The Morgan fingerprint density at radius 3 is 2.54 bits per heavy atom. The fourth-order valence-electron chi connectivity index (χ4n) is 2.20. The van der Waals surface area contributed by atoms with E-state index in [-0.39, 0.29) is 0 Å². The largest absolute Gasteiger partial charge is 0.311 e. The molecule has 78 valence electrons. The smallest absolute Gasteiger partial charge is 0.0102 e. The molecule has 1 N–H and O–H groups in total. The Hall–Kier alpha value is -0.0400. The zero-order valence-corrected chi connectivity index (χ0v) is 9.47. The lowest BCUT2D eigenvalue weighted by Gasteiger charge is -2.15. The van der Waals surface area contributed by atoms with Gasteiger partial charge in [-0.25, -0.2) is 0 Å². The van der Waals surface area contributed by atoms with Gasteiger partial charge in [0.2, 0.25) is 0 Å². The van der Waals surface area contributed by atoms with Crippen molar-refractivity contribution in [2.45, 2.75) is 71.4 Å². The summed E-state index contributed by atoms with van der Waals surface area (Å²) in [5.41, 5.74) is 0. The first-order valence-corrected chi connectivity index (χ1v) is 6.07. The Kier molecular flexibility index (Phi) is 4.79. The van der Waals surface area contributed by atoms with Gasteiger partial charge in [-0.2, -0.15) is 0 Å². The molecule has 0 saturated heterocycles. The number of hydrogen-bond donors (Lipinski definition) is 1. The van der Waals surface area contributed by atoms with Gasteiger partial charge in [-0.05, 0) is 31.6 Å². The summed E-state index contributed by atoms with van der Waals surface area (Å²) >= 11 is 0. The molecule has 3 atom stereocenters. The summed E-state index contributed by atoms with van der Waals surface area (Å²) in [6, 6.07) is 1.66. The molecule has 0 aliphatic heterocycles. The molecule has 0 spiro atoms. The van der Waals surface area contributed by atoms with Gasteiger partial charge in [-0.15, -0.1) is 0 Å². The molecule has 1 aliphatic carbocycles. The fraction of sp³-hybridized carbons (Fsp3) is 1.00. The van der Waals surface area contributed by atoms with Crippen molar-refractivity contribution in [2.75, 3.05) is 0 Å². The van der Waals surface area contributed by atoms with Crippen molar-refractivity contribution in [1.29, 1.82) is 0 Å². The molecule has 0 radical (unpaired) electrons. The Labute approximate surface area is 83.3 Å². The molecule has 1 fully saturated rings. The maximum absolute atomic E-state index is 3.78. The third-order valence-electron chi connectivity index (χ3n) is 3.16. The Morgan fingerprint density at radius 1 is 1.23 bits per heavy atom. The van der Waals surface area contributed by atoms with E-state index in [0.717, 1.165) is 18.0 Å². The van der Waals surface area contributed by atoms with Crippen LogP contribution in [0.1, 0.15) is 59.3 Å². The van der Waals surface area contributed by atoms with Gasteiger partial charge in [0.15, 0.2) is 0 Å². The topological polar surface area (TPSA) is 12.0 Å². The number of rotatable bonds is 7. The van der Waals surface area contributed by atoms with Crippen LogP contribution in [0.2, 0.25) is 0 Å². The first-order valence-electron chi connectivity index (χ1n) is 6.07. The van der Waals surface area contributed by atoms with Gasteiger partial charge in [-0.3, -0.25) is 0 Å². The highest BCUT2D eigenvalue weighted by Crippen LogP contribution is 2.35. The third kappa shape index (κ3) is 3.68. The number of hydrogen-bond acceptors (Lipinski definition) is 1. The molecule has 1 saturated carbocycles. The molecule has 13 heavy (non-hydrogen) atoms. The molecular formula is C12H25N. The van der Waals surface area contributed by atoms with Gasteiger partial charge in [0, 0.05) is 12.1 Å². The maximum atomic E-state index is 3.78. The van der Waals surface area contributed by atoms with E-state index >= 15 is 0 Å². The molecule has 0 aromatic rings. The predicted octanol–water partition coefficient (Wildman–Crippen LogP) is 3.34. The van der Waals surface area contributed by atoms with Crippen LogP contribution in [0.5, 0.6) is 0 Å². The lowest BCUT2D eigenvalue weighted by atomic mass is 10.1. The van der Waals surface area contributed by atoms with Crippen molar-refractivity contribution >= 4 is 0 Å². The van der Waals surface area contributed by atoms with Gasteiger partial charge < -0.3 is 5.32 Å². The lowest BCUT2D eigenvalue weighted by Crippen LogP contribution is -2.31. The average Bonchev–Trinajstić information content (AvgIpc) is 2.84. The summed E-state index contributed by atoms with van der Waals surface area (Å²) in [5.74, 6) is 1.01. The van der Waals surface area contributed by atoms with Crippen LogP contribution in [0.15, 0.2) is 0 Å². The Bertz CT molecular complexity index is 133. The minimum Gasteiger partial charge on any atom is -0.311 e. The highest BCUT2D eigenvalue weighted by Gasteiger charge is 2.36. The van der Waals surface area contributed by atoms with E-state index in [9.17, 15) is 0 Å². The normalized spacial score (nSPS) is 28.8. The second-order valence-electron chi connectivity index (χ2n) is 4.45. The summed E-state index contributed by atoms with van der Waals surface area (Å²) in [6.45, 7) is 6.87. The van der Waals surface area contributed by atoms with Crippen LogP contribution < -0.4 is 5.32 Å². The Morgan fingerprint density at radius 2 is 2.00 bits per heavy atom. The molecule has 0 aromatic carbocycles. The summed E-state index contributed by atoms with van der Waals surface area (Å²) < 4.78 is 0. The molecule has 0 heterocycles. The minimum absolute atomic E-state index is 0.789. The molecule has 1 rings (SSSR count). The second kappa shape index (κ2) is 5.64. The summed E-state index contributed by atoms with van der Waals surface area (Å²) in [5, 5.41) is 3.78. The maximum Gasteiger partial charge on any atom is 0.0102 e. The quantitative estimate of drug-likeness (QED) is 0.638. The highest BCUT2D eigenvalue weighted by atomic mass is 15.0. The van der Waals surface area contributed by atoms with Crippen LogP contribution in [0.4, 0.5) is 0 Å². The van der Waals surface area contributed by atoms with E-state index in [1.165, 1.54) is 38.5 Å². The van der Waals surface area contributed by atoms with E-state index in [0.29, 0.717) is 0 Å². The van der Waals surface area contributed by atoms with Crippen molar-refractivity contribution in [3.05, 3.63) is 0 Å². The van der Waals surface area contributed by atoms with Crippen LogP contribution in [-0.4, -0.2) is 12.1 Å². The van der Waals surface area contributed by atoms with E-state index in [2.05, 4.69) is 26.1 Å². The van der Waals surface area contributed by atoms with Crippen LogP contribution in [-0.2, 0) is 0 Å². The third-order valence-corrected chi connectivity index (χ3v) is 3.16. The van der Waals surface area contributed by atoms with Crippen LogP contribution in [0, 0.1) is 5.92 Å². The molecule has 0 bridgehead atoms. The molecule has 1 heteroatoms. The monoisotopic (exact) mass is 183 g/mol. The van der Waals surface area contributed by atoms with Crippen molar-refractivity contribution in [3.8, 4) is 0 Å². The molecule has 0 aromatic heterocycles. The minimum atomic E-state index is 0.789. The first-order chi connectivity index (χ1) is 6.31. The number of nitrogens with one attached hydrogen (secondary N) is 1. The molecule has 1 aliphatic rings. The van der Waals surface area contributed by atoms with Crippen molar-refractivity contribution in [2.24, 2.45) is 5.92 Å². The van der Waals surface area contributed by atoms with Gasteiger partial charge in [0.1, 0.15) is 0 Å². The van der Waals surface area contributed by atoms with Crippen LogP contribution in [0.25, 0.3) is 0 Å². The zero-order chi connectivity index (χ0) is 9.68.